The van der Waals surface area contributed by atoms with Gasteiger partial charge < -0.3 is 14.6 Å². The lowest BCUT2D eigenvalue weighted by molar-refractivity contribution is 0.0187. The maximum Gasteiger partial charge on any atom is 0.259 e. The summed E-state index contributed by atoms with van der Waals surface area (Å²) in [5.74, 6) is 1.93. The predicted molar refractivity (Wildman–Crippen MR) is 102 cm³/mol. The molecule has 1 fully saturated rings. The summed E-state index contributed by atoms with van der Waals surface area (Å²) in [4.78, 5) is 11.2. The minimum absolute atomic E-state index is 0.273. The minimum Gasteiger partial charge on any atom is -0.379 e. The number of hydrogen-bond donors (Lipinski definition) is 1. The second-order valence-electron chi connectivity index (χ2n) is 6.53. The van der Waals surface area contributed by atoms with Crippen LogP contribution in [0.15, 0.2) is 53.2 Å². The molecule has 2 aromatic heterocycles. The van der Waals surface area contributed by atoms with E-state index in [1.54, 1.807) is 13.1 Å². The van der Waals surface area contributed by atoms with Crippen molar-refractivity contribution in [3.05, 3.63) is 60.0 Å². The largest absolute Gasteiger partial charge is 0.379 e. The van der Waals surface area contributed by atoms with Gasteiger partial charge in [0.15, 0.2) is 5.82 Å². The van der Waals surface area contributed by atoms with Crippen LogP contribution in [-0.4, -0.2) is 52.9 Å². The first-order chi connectivity index (χ1) is 13.3. The summed E-state index contributed by atoms with van der Waals surface area (Å²) in [7, 11) is 0. The Hall–Kier alpha value is -2.77. The Morgan fingerprint density at radius 3 is 2.59 bits per heavy atom. The third-order valence-corrected chi connectivity index (χ3v) is 4.69. The highest BCUT2D eigenvalue weighted by Gasteiger charge is 2.22. The molecule has 140 valence electrons. The van der Waals surface area contributed by atoms with Crippen LogP contribution in [0.4, 0.5) is 5.82 Å². The topological polar surface area (TPSA) is 76.3 Å². The molecule has 0 amide bonds. The van der Waals surface area contributed by atoms with Gasteiger partial charge in [0.1, 0.15) is 5.82 Å². The van der Waals surface area contributed by atoms with Crippen LogP contribution in [0.1, 0.15) is 17.4 Å². The zero-order valence-electron chi connectivity index (χ0n) is 15.3. The van der Waals surface area contributed by atoms with Gasteiger partial charge in [-0.05, 0) is 24.6 Å². The second-order valence-corrected chi connectivity index (χ2v) is 6.53. The van der Waals surface area contributed by atoms with Crippen molar-refractivity contribution in [2.75, 3.05) is 38.2 Å². The van der Waals surface area contributed by atoms with Gasteiger partial charge in [0.05, 0.1) is 24.8 Å². The van der Waals surface area contributed by atoms with Gasteiger partial charge in [-0.15, -0.1) is 0 Å². The molecule has 1 atom stereocenters. The van der Waals surface area contributed by atoms with Crippen LogP contribution in [-0.2, 0) is 4.74 Å². The van der Waals surface area contributed by atoms with Crippen LogP contribution in [0, 0.1) is 6.92 Å². The highest BCUT2D eigenvalue weighted by atomic mass is 16.5. The maximum absolute atomic E-state index is 5.51. The molecular formula is C20H23N5O2. The molecule has 1 aromatic carbocycles. The van der Waals surface area contributed by atoms with E-state index in [1.165, 1.54) is 5.56 Å². The number of ether oxygens (including phenoxy) is 1. The normalized spacial score (nSPS) is 16.2. The van der Waals surface area contributed by atoms with Gasteiger partial charge in [-0.2, -0.15) is 4.98 Å². The van der Waals surface area contributed by atoms with Crippen LogP contribution in [0.2, 0.25) is 0 Å². The molecule has 7 heteroatoms. The Labute approximate surface area is 158 Å². The summed E-state index contributed by atoms with van der Waals surface area (Å²) in [5.41, 5.74) is 2.11. The standard InChI is InChI=1S/C20H23N5O2/c1-15-23-20(27-24-15)17-7-8-19(21-13-17)22-14-18(16-5-3-2-4-6-16)25-9-11-26-12-10-25/h2-8,13,18H,9-12,14H2,1H3,(H,21,22). The number of aromatic nitrogens is 3. The number of hydrogen-bond acceptors (Lipinski definition) is 7. The Morgan fingerprint density at radius 1 is 1.11 bits per heavy atom. The lowest BCUT2D eigenvalue weighted by atomic mass is 10.0. The molecule has 0 spiro atoms. The van der Waals surface area contributed by atoms with Crippen LogP contribution >= 0.6 is 0 Å². The number of aryl methyl sites for hydroxylation is 1. The molecule has 4 rings (SSSR count). The molecule has 0 aliphatic carbocycles. The Morgan fingerprint density at radius 2 is 1.93 bits per heavy atom. The number of nitrogens with one attached hydrogen (secondary N) is 1. The summed E-state index contributed by atoms with van der Waals surface area (Å²) in [6.07, 6.45) is 1.75. The van der Waals surface area contributed by atoms with E-state index in [0.29, 0.717) is 11.7 Å². The molecule has 1 saturated heterocycles. The van der Waals surface area contributed by atoms with Crippen molar-refractivity contribution in [2.45, 2.75) is 13.0 Å². The third-order valence-electron chi connectivity index (χ3n) is 4.69. The highest BCUT2D eigenvalue weighted by molar-refractivity contribution is 5.54. The zero-order valence-corrected chi connectivity index (χ0v) is 15.3. The Balaban J connectivity index is 1.45. The van der Waals surface area contributed by atoms with E-state index in [2.05, 4.69) is 49.6 Å². The van der Waals surface area contributed by atoms with E-state index in [1.807, 2.05) is 18.2 Å². The molecule has 1 aliphatic rings. The van der Waals surface area contributed by atoms with Gasteiger partial charge in [0, 0.05) is 25.8 Å². The summed E-state index contributed by atoms with van der Waals surface area (Å²) in [5, 5.41) is 7.28. The van der Waals surface area contributed by atoms with Crippen molar-refractivity contribution < 1.29 is 9.26 Å². The van der Waals surface area contributed by atoms with E-state index >= 15 is 0 Å². The quantitative estimate of drug-likeness (QED) is 0.720. The fourth-order valence-corrected chi connectivity index (χ4v) is 3.26. The average Bonchev–Trinajstić information content (AvgIpc) is 3.17. The number of anilines is 1. The van der Waals surface area contributed by atoms with Gasteiger partial charge in [-0.1, -0.05) is 35.5 Å². The van der Waals surface area contributed by atoms with Crippen LogP contribution in [0.5, 0.6) is 0 Å². The Kier molecular flexibility index (Phi) is 5.41. The lowest BCUT2D eigenvalue weighted by Gasteiger charge is -2.35. The number of morpholine rings is 1. The number of nitrogens with zero attached hydrogens (tertiary/aromatic N) is 4. The van der Waals surface area contributed by atoms with E-state index in [-0.39, 0.29) is 6.04 Å². The molecule has 27 heavy (non-hydrogen) atoms. The highest BCUT2D eigenvalue weighted by Crippen LogP contribution is 2.23. The summed E-state index contributed by atoms with van der Waals surface area (Å²) in [6, 6.07) is 14.7. The first kappa shape index (κ1) is 17.6. The van der Waals surface area contributed by atoms with Crippen molar-refractivity contribution in [1.82, 2.24) is 20.0 Å². The van der Waals surface area contributed by atoms with Crippen molar-refractivity contribution >= 4 is 5.82 Å². The molecule has 0 radical (unpaired) electrons. The van der Waals surface area contributed by atoms with E-state index < -0.39 is 0 Å². The van der Waals surface area contributed by atoms with E-state index in [9.17, 15) is 0 Å². The number of benzene rings is 1. The summed E-state index contributed by atoms with van der Waals surface area (Å²) < 4.78 is 10.7. The molecule has 3 heterocycles. The third kappa shape index (κ3) is 4.32. The molecular weight excluding hydrogens is 342 g/mol. The van der Waals surface area contributed by atoms with Crippen LogP contribution in [0.3, 0.4) is 0 Å². The monoisotopic (exact) mass is 365 g/mol. The number of rotatable bonds is 6. The first-order valence-corrected chi connectivity index (χ1v) is 9.17. The lowest BCUT2D eigenvalue weighted by Crippen LogP contribution is -2.41. The van der Waals surface area contributed by atoms with Crippen molar-refractivity contribution in [1.29, 1.82) is 0 Å². The van der Waals surface area contributed by atoms with Crippen molar-refractivity contribution in [3.8, 4) is 11.5 Å². The molecule has 3 aromatic rings. The fourth-order valence-electron chi connectivity index (χ4n) is 3.26. The first-order valence-electron chi connectivity index (χ1n) is 9.17. The molecule has 7 nitrogen and oxygen atoms in total. The number of pyridine rings is 1. The zero-order chi connectivity index (χ0) is 18.5. The molecule has 1 N–H and O–H groups in total. The van der Waals surface area contributed by atoms with Gasteiger partial charge in [-0.3, -0.25) is 4.90 Å². The molecule has 0 saturated carbocycles. The maximum atomic E-state index is 5.51. The minimum atomic E-state index is 0.273. The Bertz CT molecular complexity index is 844. The van der Waals surface area contributed by atoms with Crippen LogP contribution in [0.25, 0.3) is 11.5 Å². The predicted octanol–water partition coefficient (Wildman–Crippen LogP) is 2.93. The van der Waals surface area contributed by atoms with Crippen molar-refractivity contribution in [3.63, 3.8) is 0 Å². The smallest absolute Gasteiger partial charge is 0.259 e. The van der Waals surface area contributed by atoms with Gasteiger partial charge in [0.2, 0.25) is 0 Å². The van der Waals surface area contributed by atoms with Gasteiger partial charge >= 0.3 is 0 Å². The fraction of sp³-hybridized carbons (Fsp3) is 0.350. The summed E-state index contributed by atoms with van der Waals surface area (Å²) in [6.45, 7) is 6.00. The average molecular weight is 365 g/mol. The van der Waals surface area contributed by atoms with E-state index in [0.717, 1.165) is 44.2 Å². The van der Waals surface area contributed by atoms with Crippen LogP contribution < -0.4 is 5.32 Å². The summed E-state index contributed by atoms with van der Waals surface area (Å²) >= 11 is 0. The molecule has 0 bridgehead atoms. The second kappa shape index (κ2) is 8.28. The SMILES string of the molecule is Cc1noc(-c2ccc(NCC(c3ccccc3)N3CCOCC3)nc2)n1. The van der Waals surface area contributed by atoms with Gasteiger partial charge in [0.25, 0.3) is 5.89 Å². The molecule has 1 unspecified atom stereocenters. The van der Waals surface area contributed by atoms with E-state index in [4.69, 9.17) is 9.26 Å². The van der Waals surface area contributed by atoms with Crippen molar-refractivity contribution in [2.24, 2.45) is 0 Å². The van der Waals surface area contributed by atoms with Gasteiger partial charge in [-0.25, -0.2) is 4.98 Å². The molecule has 1 aliphatic heterocycles.